The maximum atomic E-state index is 9.16. The molecule has 2 aromatic carbocycles. The van der Waals surface area contributed by atoms with Crippen molar-refractivity contribution < 1.29 is 4.74 Å². The minimum Gasteiger partial charge on any atom is -0.378 e. The van der Waals surface area contributed by atoms with Crippen molar-refractivity contribution in [3.63, 3.8) is 0 Å². The lowest BCUT2D eigenvalue weighted by Gasteiger charge is -2.39. The Hall–Kier alpha value is -2.68. The van der Waals surface area contributed by atoms with Crippen LogP contribution in [0.3, 0.4) is 0 Å². The maximum absolute atomic E-state index is 9.16. The van der Waals surface area contributed by atoms with Crippen LogP contribution in [-0.4, -0.2) is 47.3 Å². The fraction of sp³-hybridized carbons (Fsp3) is 0.440. The van der Waals surface area contributed by atoms with E-state index in [0.717, 1.165) is 50.0 Å². The minimum absolute atomic E-state index is 0.159. The van der Waals surface area contributed by atoms with E-state index in [0.29, 0.717) is 12.0 Å². The smallest absolute Gasteiger partial charge is 0.0991 e. The van der Waals surface area contributed by atoms with Crippen molar-refractivity contribution in [3.8, 4) is 6.07 Å². The number of aryl methyl sites for hydroxylation is 1. The molecular weight excluding hydrogens is 372 g/mol. The van der Waals surface area contributed by atoms with Gasteiger partial charge in [-0.2, -0.15) is 5.26 Å². The molecule has 5 rings (SSSR count). The Morgan fingerprint density at radius 2 is 2.03 bits per heavy atom. The zero-order valence-corrected chi connectivity index (χ0v) is 17.7. The Morgan fingerprint density at radius 3 is 2.87 bits per heavy atom. The van der Waals surface area contributed by atoms with Crippen LogP contribution in [-0.2, 0) is 17.6 Å². The molecule has 3 atom stereocenters. The third-order valence-electron chi connectivity index (χ3n) is 6.87. The van der Waals surface area contributed by atoms with Crippen molar-refractivity contribution in [3.05, 3.63) is 65.0 Å². The summed E-state index contributed by atoms with van der Waals surface area (Å²) in [5.74, 6) is 0.625. The lowest BCUT2D eigenvalue weighted by Crippen LogP contribution is -2.47. The van der Waals surface area contributed by atoms with Gasteiger partial charge in [0.15, 0.2) is 0 Å². The molecular formula is C25H28N4O. The van der Waals surface area contributed by atoms with E-state index >= 15 is 0 Å². The van der Waals surface area contributed by atoms with Gasteiger partial charge in [-0.15, -0.1) is 0 Å². The number of fused-ring (bicyclic) bond motifs is 2. The molecule has 2 heterocycles. The van der Waals surface area contributed by atoms with Gasteiger partial charge in [-0.3, -0.25) is 0 Å². The average molecular weight is 401 g/mol. The molecule has 1 aliphatic heterocycles. The first-order valence-corrected chi connectivity index (χ1v) is 10.8. The molecule has 1 aromatic heterocycles. The van der Waals surface area contributed by atoms with Gasteiger partial charge in [-0.05, 0) is 73.1 Å². The van der Waals surface area contributed by atoms with Crippen molar-refractivity contribution in [1.29, 1.82) is 5.26 Å². The highest BCUT2D eigenvalue weighted by Gasteiger charge is 2.33. The number of ether oxygens (including phenoxy) is 1. The third kappa shape index (κ3) is 3.51. The number of methoxy groups -OCH3 is 1. The predicted octanol–water partition coefficient (Wildman–Crippen LogP) is 3.89. The number of likely N-dealkylation sites (tertiary alicyclic amines) is 1. The van der Waals surface area contributed by atoms with Crippen LogP contribution in [0, 0.1) is 24.2 Å². The van der Waals surface area contributed by atoms with Crippen LogP contribution in [0.1, 0.15) is 34.7 Å². The summed E-state index contributed by atoms with van der Waals surface area (Å²) in [5, 5.41) is 9.16. The third-order valence-corrected chi connectivity index (χ3v) is 6.87. The van der Waals surface area contributed by atoms with E-state index in [9.17, 15) is 0 Å². The molecule has 2 aliphatic rings. The topological polar surface area (TPSA) is 54.1 Å². The van der Waals surface area contributed by atoms with Gasteiger partial charge >= 0.3 is 0 Å². The van der Waals surface area contributed by atoms with E-state index in [1.54, 1.807) is 0 Å². The minimum atomic E-state index is 0.159. The molecule has 0 radical (unpaired) electrons. The second kappa shape index (κ2) is 7.86. The molecule has 0 bridgehead atoms. The molecule has 30 heavy (non-hydrogen) atoms. The molecule has 154 valence electrons. The standard InChI is InChI=1S/C25H28N4O/c1-17-3-6-23-22(9-17)27-16-29(23)24-7-8-28(15-25(24)30-2)14-19-11-20-5-4-18(13-26)10-21(20)12-19/h3-6,9-10,16,19,24-25H,7-8,11-12,14-15H2,1-2H3/t19?,24-,25-/m1/s1. The van der Waals surface area contributed by atoms with Gasteiger partial charge in [0.2, 0.25) is 0 Å². The van der Waals surface area contributed by atoms with Crippen LogP contribution in [0.2, 0.25) is 0 Å². The van der Waals surface area contributed by atoms with Crippen LogP contribution < -0.4 is 0 Å². The number of imidazole rings is 1. The van der Waals surface area contributed by atoms with E-state index < -0.39 is 0 Å². The van der Waals surface area contributed by atoms with Crippen LogP contribution in [0.5, 0.6) is 0 Å². The van der Waals surface area contributed by atoms with Gasteiger partial charge in [-0.1, -0.05) is 12.1 Å². The molecule has 0 amide bonds. The van der Waals surface area contributed by atoms with E-state index in [-0.39, 0.29) is 6.10 Å². The molecule has 1 aliphatic carbocycles. The molecule has 3 aromatic rings. The highest BCUT2D eigenvalue weighted by atomic mass is 16.5. The second-order valence-corrected chi connectivity index (χ2v) is 8.90. The van der Waals surface area contributed by atoms with Gasteiger partial charge in [0, 0.05) is 26.7 Å². The number of hydrogen-bond acceptors (Lipinski definition) is 4. The van der Waals surface area contributed by atoms with Crippen molar-refractivity contribution in [2.45, 2.75) is 38.3 Å². The average Bonchev–Trinajstić information content (AvgIpc) is 3.35. The van der Waals surface area contributed by atoms with Crippen LogP contribution in [0.15, 0.2) is 42.7 Å². The fourth-order valence-corrected chi connectivity index (χ4v) is 5.36. The second-order valence-electron chi connectivity index (χ2n) is 8.90. The number of nitriles is 1. The number of hydrogen-bond donors (Lipinski definition) is 0. The number of benzene rings is 2. The van der Waals surface area contributed by atoms with Gasteiger partial charge in [0.25, 0.3) is 0 Å². The molecule has 1 saturated heterocycles. The summed E-state index contributed by atoms with van der Waals surface area (Å²) in [4.78, 5) is 7.20. The van der Waals surface area contributed by atoms with Crippen molar-refractivity contribution in [2.24, 2.45) is 5.92 Å². The van der Waals surface area contributed by atoms with Crippen LogP contribution >= 0.6 is 0 Å². The van der Waals surface area contributed by atoms with Crippen molar-refractivity contribution in [2.75, 3.05) is 26.7 Å². The first-order valence-electron chi connectivity index (χ1n) is 10.8. The summed E-state index contributed by atoms with van der Waals surface area (Å²) in [6, 6.07) is 15.2. The fourth-order valence-electron chi connectivity index (χ4n) is 5.36. The van der Waals surface area contributed by atoms with E-state index in [2.05, 4.69) is 57.8 Å². The molecule has 1 unspecified atom stereocenters. The van der Waals surface area contributed by atoms with Gasteiger partial charge < -0.3 is 14.2 Å². The largest absolute Gasteiger partial charge is 0.378 e. The molecule has 0 saturated carbocycles. The molecule has 5 heteroatoms. The number of aromatic nitrogens is 2. The zero-order chi connectivity index (χ0) is 20.7. The lowest BCUT2D eigenvalue weighted by atomic mass is 9.98. The first kappa shape index (κ1) is 19.3. The summed E-state index contributed by atoms with van der Waals surface area (Å²) in [7, 11) is 1.83. The number of nitrogens with zero attached hydrogens (tertiary/aromatic N) is 4. The van der Waals surface area contributed by atoms with E-state index in [4.69, 9.17) is 10.00 Å². The lowest BCUT2D eigenvalue weighted by molar-refractivity contribution is -0.00875. The summed E-state index contributed by atoms with van der Waals surface area (Å²) in [5.41, 5.74) is 7.05. The van der Waals surface area contributed by atoms with E-state index in [1.165, 1.54) is 22.2 Å². The van der Waals surface area contributed by atoms with E-state index in [1.807, 2.05) is 19.5 Å². The molecule has 1 fully saturated rings. The summed E-state index contributed by atoms with van der Waals surface area (Å²) in [6.45, 7) is 5.22. The number of rotatable bonds is 4. The summed E-state index contributed by atoms with van der Waals surface area (Å²) < 4.78 is 8.28. The highest BCUT2D eigenvalue weighted by molar-refractivity contribution is 5.76. The number of piperidine rings is 1. The monoisotopic (exact) mass is 400 g/mol. The van der Waals surface area contributed by atoms with Crippen LogP contribution in [0.25, 0.3) is 11.0 Å². The summed E-state index contributed by atoms with van der Waals surface area (Å²) in [6.07, 6.45) is 5.40. The summed E-state index contributed by atoms with van der Waals surface area (Å²) >= 11 is 0. The van der Waals surface area contributed by atoms with Crippen LogP contribution in [0.4, 0.5) is 0 Å². The normalized spacial score (nSPS) is 24.1. The van der Waals surface area contributed by atoms with Crippen molar-refractivity contribution >= 4 is 11.0 Å². The molecule has 0 spiro atoms. The van der Waals surface area contributed by atoms with Gasteiger partial charge in [0.1, 0.15) is 0 Å². The Morgan fingerprint density at radius 1 is 1.17 bits per heavy atom. The Bertz CT molecular complexity index is 1110. The Labute approximate surface area is 177 Å². The predicted molar refractivity (Wildman–Crippen MR) is 117 cm³/mol. The quantitative estimate of drug-likeness (QED) is 0.667. The van der Waals surface area contributed by atoms with Gasteiger partial charge in [-0.25, -0.2) is 4.98 Å². The maximum Gasteiger partial charge on any atom is 0.0991 e. The molecule has 0 N–H and O–H groups in total. The van der Waals surface area contributed by atoms with Crippen molar-refractivity contribution in [1.82, 2.24) is 14.5 Å². The molecule has 5 nitrogen and oxygen atoms in total. The van der Waals surface area contributed by atoms with Gasteiger partial charge in [0.05, 0.1) is 41.1 Å². The SMILES string of the molecule is CO[C@@H]1CN(CC2Cc3ccc(C#N)cc3C2)CC[C@H]1n1cnc2cc(C)ccc21. The highest BCUT2D eigenvalue weighted by Crippen LogP contribution is 2.32. The Kier molecular flexibility index (Phi) is 5.06. The first-order chi connectivity index (χ1) is 14.6. The Balaban J connectivity index is 1.27. The zero-order valence-electron chi connectivity index (χ0n) is 17.7.